The summed E-state index contributed by atoms with van der Waals surface area (Å²) in [4.78, 5) is 10.9. The molecule has 0 aromatic heterocycles. The molecular formula is C11H18O. The van der Waals surface area contributed by atoms with Gasteiger partial charge < -0.3 is 4.79 Å². The van der Waals surface area contributed by atoms with E-state index in [4.69, 9.17) is 0 Å². The molecule has 12 heavy (non-hydrogen) atoms. The van der Waals surface area contributed by atoms with E-state index >= 15 is 0 Å². The van der Waals surface area contributed by atoms with E-state index in [0.29, 0.717) is 5.92 Å². The summed E-state index contributed by atoms with van der Waals surface area (Å²) < 4.78 is 0. The van der Waals surface area contributed by atoms with Crippen molar-refractivity contribution >= 4 is 6.29 Å². The van der Waals surface area contributed by atoms with E-state index in [-0.39, 0.29) is 11.3 Å². The van der Waals surface area contributed by atoms with Crippen LogP contribution in [0.4, 0.5) is 0 Å². The van der Waals surface area contributed by atoms with E-state index in [1.807, 2.05) is 0 Å². The minimum Gasteiger partial charge on any atom is -0.303 e. The number of hydrogen-bond donors (Lipinski definition) is 0. The average Bonchev–Trinajstić information content (AvgIpc) is 1.98. The molecule has 0 amide bonds. The van der Waals surface area contributed by atoms with Gasteiger partial charge in [-0.1, -0.05) is 32.9 Å². The molecule has 0 bridgehead atoms. The molecule has 2 atom stereocenters. The molecule has 1 aliphatic rings. The topological polar surface area (TPSA) is 17.1 Å². The molecular weight excluding hydrogens is 148 g/mol. The number of aldehydes is 1. The summed E-state index contributed by atoms with van der Waals surface area (Å²) in [6, 6.07) is 0. The fourth-order valence-electron chi connectivity index (χ4n) is 2.15. The third-order valence-electron chi connectivity index (χ3n) is 3.41. The second kappa shape index (κ2) is 3.04. The highest BCUT2D eigenvalue weighted by Gasteiger charge is 2.38. The average molecular weight is 166 g/mol. The zero-order valence-corrected chi connectivity index (χ0v) is 8.26. The van der Waals surface area contributed by atoms with Crippen LogP contribution in [0, 0.1) is 17.3 Å². The first-order valence-electron chi connectivity index (χ1n) is 4.63. The van der Waals surface area contributed by atoms with Gasteiger partial charge in [0, 0.05) is 5.92 Å². The van der Waals surface area contributed by atoms with Gasteiger partial charge in [-0.25, -0.2) is 0 Å². The predicted molar refractivity (Wildman–Crippen MR) is 50.9 cm³/mol. The molecule has 1 fully saturated rings. The van der Waals surface area contributed by atoms with E-state index < -0.39 is 0 Å². The number of carbonyl (C=O) groups is 1. The van der Waals surface area contributed by atoms with Crippen molar-refractivity contribution in [3.8, 4) is 0 Å². The standard InChI is InChI=1S/C11H18O/c1-8-5-6-9(2)11(3,4)10(8)7-12/h7-8,10H,2,5-6H2,1,3-4H3/t8-,10+/m1/s1. The maximum Gasteiger partial charge on any atom is 0.124 e. The second-order valence-corrected chi connectivity index (χ2v) is 4.50. The Bertz CT molecular complexity index is 203. The van der Waals surface area contributed by atoms with Gasteiger partial charge in [0.1, 0.15) is 6.29 Å². The Morgan fingerprint density at radius 1 is 1.58 bits per heavy atom. The SMILES string of the molecule is C=C1CC[C@@H](C)[C@H](C=O)C1(C)C. The van der Waals surface area contributed by atoms with E-state index in [0.717, 1.165) is 19.1 Å². The normalized spacial score (nSPS) is 34.8. The lowest BCUT2D eigenvalue weighted by molar-refractivity contribution is -0.116. The van der Waals surface area contributed by atoms with Crippen molar-refractivity contribution < 1.29 is 4.79 Å². The van der Waals surface area contributed by atoms with Gasteiger partial charge in [-0.2, -0.15) is 0 Å². The van der Waals surface area contributed by atoms with Crippen molar-refractivity contribution in [1.29, 1.82) is 0 Å². The Morgan fingerprint density at radius 2 is 2.17 bits per heavy atom. The monoisotopic (exact) mass is 166 g/mol. The summed E-state index contributed by atoms with van der Waals surface area (Å²) >= 11 is 0. The Labute approximate surface area is 74.9 Å². The van der Waals surface area contributed by atoms with Crippen molar-refractivity contribution in [3.63, 3.8) is 0 Å². The highest BCUT2D eigenvalue weighted by molar-refractivity contribution is 5.57. The molecule has 0 aromatic rings. The summed E-state index contributed by atoms with van der Waals surface area (Å²) in [7, 11) is 0. The lowest BCUT2D eigenvalue weighted by atomic mass is 9.62. The highest BCUT2D eigenvalue weighted by atomic mass is 16.1. The van der Waals surface area contributed by atoms with Crippen LogP contribution in [0.5, 0.6) is 0 Å². The molecule has 1 aliphatic carbocycles. The van der Waals surface area contributed by atoms with Crippen LogP contribution in [0.25, 0.3) is 0 Å². The van der Waals surface area contributed by atoms with E-state index in [1.165, 1.54) is 5.57 Å². The maximum absolute atomic E-state index is 10.9. The second-order valence-electron chi connectivity index (χ2n) is 4.50. The van der Waals surface area contributed by atoms with Crippen LogP contribution in [-0.2, 0) is 4.79 Å². The molecule has 0 radical (unpaired) electrons. The van der Waals surface area contributed by atoms with Crippen molar-refractivity contribution in [2.45, 2.75) is 33.6 Å². The third kappa shape index (κ3) is 1.33. The molecule has 68 valence electrons. The summed E-state index contributed by atoms with van der Waals surface area (Å²) in [5.41, 5.74) is 1.25. The number of allylic oxidation sites excluding steroid dienone is 1. The minimum atomic E-state index is 0.0133. The summed E-state index contributed by atoms with van der Waals surface area (Å²) in [6.45, 7) is 10.5. The first-order valence-corrected chi connectivity index (χ1v) is 4.63. The highest BCUT2D eigenvalue weighted by Crippen LogP contribution is 2.45. The van der Waals surface area contributed by atoms with Gasteiger partial charge in [0.05, 0.1) is 0 Å². The summed E-state index contributed by atoms with van der Waals surface area (Å²) in [5, 5.41) is 0. The van der Waals surface area contributed by atoms with Crippen molar-refractivity contribution in [2.24, 2.45) is 17.3 Å². The molecule has 0 saturated heterocycles. The van der Waals surface area contributed by atoms with Crippen molar-refractivity contribution in [2.75, 3.05) is 0 Å². The Kier molecular flexibility index (Phi) is 2.41. The number of hydrogen-bond acceptors (Lipinski definition) is 1. The largest absolute Gasteiger partial charge is 0.303 e. The fourth-order valence-corrected chi connectivity index (χ4v) is 2.15. The molecule has 1 heteroatoms. The van der Waals surface area contributed by atoms with Crippen LogP contribution in [-0.4, -0.2) is 6.29 Å². The predicted octanol–water partition coefficient (Wildman–Crippen LogP) is 2.81. The molecule has 0 heterocycles. The van der Waals surface area contributed by atoms with Gasteiger partial charge in [-0.05, 0) is 24.2 Å². The van der Waals surface area contributed by atoms with Crippen LogP contribution < -0.4 is 0 Å². The Hall–Kier alpha value is -0.590. The lowest BCUT2D eigenvalue weighted by Crippen LogP contribution is -2.36. The lowest BCUT2D eigenvalue weighted by Gasteiger charge is -2.41. The van der Waals surface area contributed by atoms with E-state index in [9.17, 15) is 4.79 Å². The molecule has 0 aromatic carbocycles. The Balaban J connectivity index is 2.90. The van der Waals surface area contributed by atoms with Crippen LogP contribution in [0.2, 0.25) is 0 Å². The molecule has 1 rings (SSSR count). The summed E-state index contributed by atoms with van der Waals surface area (Å²) in [6.07, 6.45) is 3.30. The molecule has 1 saturated carbocycles. The van der Waals surface area contributed by atoms with Gasteiger partial charge in [0.2, 0.25) is 0 Å². The van der Waals surface area contributed by atoms with Gasteiger partial charge in [0.15, 0.2) is 0 Å². The number of rotatable bonds is 1. The summed E-state index contributed by atoms with van der Waals surface area (Å²) in [5.74, 6) is 0.682. The quantitative estimate of drug-likeness (QED) is 0.432. The van der Waals surface area contributed by atoms with Crippen LogP contribution >= 0.6 is 0 Å². The van der Waals surface area contributed by atoms with Gasteiger partial charge in [0.25, 0.3) is 0 Å². The first-order chi connectivity index (χ1) is 5.50. The van der Waals surface area contributed by atoms with E-state index in [1.54, 1.807) is 0 Å². The number of carbonyl (C=O) groups excluding carboxylic acids is 1. The first kappa shape index (κ1) is 9.50. The van der Waals surface area contributed by atoms with Gasteiger partial charge in [-0.15, -0.1) is 0 Å². The minimum absolute atomic E-state index is 0.0133. The zero-order chi connectivity index (χ0) is 9.35. The molecule has 1 nitrogen and oxygen atoms in total. The molecule has 0 unspecified atom stereocenters. The molecule has 0 spiro atoms. The van der Waals surface area contributed by atoms with Crippen molar-refractivity contribution in [1.82, 2.24) is 0 Å². The third-order valence-corrected chi connectivity index (χ3v) is 3.41. The fraction of sp³-hybridized carbons (Fsp3) is 0.727. The van der Waals surface area contributed by atoms with Crippen LogP contribution in [0.3, 0.4) is 0 Å². The Morgan fingerprint density at radius 3 is 2.58 bits per heavy atom. The maximum atomic E-state index is 10.9. The molecule has 0 aliphatic heterocycles. The zero-order valence-electron chi connectivity index (χ0n) is 8.26. The molecule has 0 N–H and O–H groups in total. The van der Waals surface area contributed by atoms with E-state index in [2.05, 4.69) is 27.4 Å². The van der Waals surface area contributed by atoms with Gasteiger partial charge >= 0.3 is 0 Å². The smallest absolute Gasteiger partial charge is 0.124 e. The van der Waals surface area contributed by atoms with Gasteiger partial charge in [-0.3, -0.25) is 0 Å². The van der Waals surface area contributed by atoms with Crippen LogP contribution in [0.1, 0.15) is 33.6 Å². The van der Waals surface area contributed by atoms with Crippen LogP contribution in [0.15, 0.2) is 12.2 Å². The van der Waals surface area contributed by atoms with Crippen molar-refractivity contribution in [3.05, 3.63) is 12.2 Å².